The molecular formula is C18H29F5. The van der Waals surface area contributed by atoms with E-state index in [0.29, 0.717) is 19.3 Å². The summed E-state index contributed by atoms with van der Waals surface area (Å²) >= 11 is 0. The highest BCUT2D eigenvalue weighted by Gasteiger charge is 2.67. The van der Waals surface area contributed by atoms with Crippen LogP contribution in [0.3, 0.4) is 0 Å². The number of alkyl halides is 5. The molecule has 0 aromatic rings. The monoisotopic (exact) mass is 340 g/mol. The zero-order chi connectivity index (χ0) is 17.9. The maximum atomic E-state index is 13.6. The molecule has 23 heavy (non-hydrogen) atoms. The van der Waals surface area contributed by atoms with E-state index in [1.165, 1.54) is 0 Å². The molecule has 0 heterocycles. The van der Waals surface area contributed by atoms with Crippen molar-refractivity contribution in [1.82, 2.24) is 0 Å². The highest BCUT2D eigenvalue weighted by molar-refractivity contribution is 5.08. The second kappa shape index (κ2) is 5.08. The standard InChI is InChI=1S/C18H29F5/c1-13(2,3)15(11-17(19,20)12-15)10-9-14(4,5)16(7-6-8-16)18(21,22)23/h6-12H2,1-5H3. The third-order valence-electron chi connectivity index (χ3n) is 7.06. The topological polar surface area (TPSA) is 0 Å². The minimum atomic E-state index is -4.22. The van der Waals surface area contributed by atoms with E-state index in [-0.39, 0.29) is 31.1 Å². The van der Waals surface area contributed by atoms with Crippen molar-refractivity contribution in [3.05, 3.63) is 0 Å². The van der Waals surface area contributed by atoms with E-state index in [9.17, 15) is 22.0 Å². The van der Waals surface area contributed by atoms with Crippen molar-refractivity contribution in [2.75, 3.05) is 0 Å². The van der Waals surface area contributed by atoms with Gasteiger partial charge in [0.05, 0.1) is 5.41 Å². The van der Waals surface area contributed by atoms with Crippen LogP contribution < -0.4 is 0 Å². The van der Waals surface area contributed by atoms with Gasteiger partial charge in [-0.2, -0.15) is 13.2 Å². The lowest BCUT2D eigenvalue weighted by molar-refractivity contribution is -0.294. The van der Waals surface area contributed by atoms with Crippen molar-refractivity contribution in [2.24, 2.45) is 21.7 Å². The first-order valence-electron chi connectivity index (χ1n) is 8.52. The van der Waals surface area contributed by atoms with E-state index in [1.54, 1.807) is 13.8 Å². The van der Waals surface area contributed by atoms with Gasteiger partial charge in [0.25, 0.3) is 0 Å². The van der Waals surface area contributed by atoms with Gasteiger partial charge in [0.15, 0.2) is 0 Å². The minimum absolute atomic E-state index is 0.169. The molecule has 2 saturated carbocycles. The fourth-order valence-corrected chi connectivity index (χ4v) is 4.69. The lowest BCUT2D eigenvalue weighted by Crippen LogP contribution is -2.56. The molecule has 0 radical (unpaired) electrons. The largest absolute Gasteiger partial charge is 0.395 e. The summed E-state index contributed by atoms with van der Waals surface area (Å²) in [5.41, 5.74) is -3.42. The van der Waals surface area contributed by atoms with Crippen molar-refractivity contribution >= 4 is 0 Å². The van der Waals surface area contributed by atoms with Gasteiger partial charge in [-0.3, -0.25) is 0 Å². The molecular weight excluding hydrogens is 311 g/mol. The summed E-state index contributed by atoms with van der Waals surface area (Å²) in [4.78, 5) is 0. The number of rotatable bonds is 4. The Morgan fingerprint density at radius 1 is 0.870 bits per heavy atom. The summed E-state index contributed by atoms with van der Waals surface area (Å²) in [5.74, 6) is -2.66. The Balaban J connectivity index is 2.15. The molecule has 2 rings (SSSR count). The first kappa shape index (κ1) is 19.0. The third-order valence-corrected chi connectivity index (χ3v) is 7.06. The molecule has 0 nitrogen and oxygen atoms in total. The van der Waals surface area contributed by atoms with Crippen molar-refractivity contribution in [1.29, 1.82) is 0 Å². The van der Waals surface area contributed by atoms with Crippen molar-refractivity contribution in [2.45, 2.75) is 91.7 Å². The van der Waals surface area contributed by atoms with Crippen LogP contribution in [0.25, 0.3) is 0 Å². The average molecular weight is 340 g/mol. The van der Waals surface area contributed by atoms with Crippen LogP contribution in [-0.4, -0.2) is 12.1 Å². The maximum absolute atomic E-state index is 13.6. The van der Waals surface area contributed by atoms with Gasteiger partial charge < -0.3 is 0 Å². The highest BCUT2D eigenvalue weighted by Crippen LogP contribution is 2.68. The molecule has 0 aromatic carbocycles. The van der Waals surface area contributed by atoms with Crippen LogP contribution >= 0.6 is 0 Å². The Morgan fingerprint density at radius 3 is 1.61 bits per heavy atom. The molecule has 0 aliphatic heterocycles. The summed E-state index contributed by atoms with van der Waals surface area (Å²) in [6.45, 7) is 9.13. The smallest absolute Gasteiger partial charge is 0.207 e. The molecule has 2 fully saturated rings. The predicted octanol–water partition coefficient (Wildman–Crippen LogP) is 6.99. The van der Waals surface area contributed by atoms with E-state index < -0.39 is 28.3 Å². The Bertz CT molecular complexity index is 441. The van der Waals surface area contributed by atoms with Gasteiger partial charge in [0.2, 0.25) is 5.92 Å². The van der Waals surface area contributed by atoms with E-state index in [1.807, 2.05) is 20.8 Å². The fraction of sp³-hybridized carbons (Fsp3) is 1.00. The van der Waals surface area contributed by atoms with Gasteiger partial charge in [-0.05, 0) is 41.9 Å². The van der Waals surface area contributed by atoms with Crippen LogP contribution in [-0.2, 0) is 0 Å². The lowest BCUT2D eigenvalue weighted by atomic mass is 9.47. The van der Waals surface area contributed by atoms with E-state index in [2.05, 4.69) is 0 Å². The summed E-state index contributed by atoms with van der Waals surface area (Å²) in [5, 5.41) is 0. The Morgan fingerprint density at radius 2 is 1.35 bits per heavy atom. The molecule has 0 atom stereocenters. The first-order chi connectivity index (χ1) is 10.1. The summed E-state index contributed by atoms with van der Waals surface area (Å²) in [7, 11) is 0. The summed E-state index contributed by atoms with van der Waals surface area (Å²) in [6, 6.07) is 0. The third kappa shape index (κ3) is 2.90. The molecule has 0 N–H and O–H groups in total. The SMILES string of the molecule is CC(C)(C)C1(CCC(C)(C)C2(C(F)(F)F)CCC2)CC(F)(F)C1. The van der Waals surface area contributed by atoms with Gasteiger partial charge >= 0.3 is 6.18 Å². The second-order valence-corrected chi connectivity index (χ2v) is 9.56. The molecule has 0 amide bonds. The normalized spacial score (nSPS) is 26.3. The maximum Gasteiger partial charge on any atom is 0.395 e. The molecule has 0 spiro atoms. The van der Waals surface area contributed by atoms with Crippen LogP contribution in [0.5, 0.6) is 0 Å². The first-order valence-corrected chi connectivity index (χ1v) is 8.52. The van der Waals surface area contributed by atoms with Crippen LogP contribution in [0.4, 0.5) is 22.0 Å². The van der Waals surface area contributed by atoms with Crippen molar-refractivity contribution < 1.29 is 22.0 Å². The molecule has 136 valence electrons. The van der Waals surface area contributed by atoms with Gasteiger partial charge in [0.1, 0.15) is 0 Å². The molecule has 0 aromatic heterocycles. The zero-order valence-electron chi connectivity index (χ0n) is 14.8. The number of hydrogen-bond acceptors (Lipinski definition) is 0. The van der Waals surface area contributed by atoms with E-state index in [0.717, 1.165) is 0 Å². The molecule has 2 aliphatic rings. The quantitative estimate of drug-likeness (QED) is 0.484. The van der Waals surface area contributed by atoms with Crippen molar-refractivity contribution in [3.8, 4) is 0 Å². The van der Waals surface area contributed by atoms with Crippen LogP contribution in [0.2, 0.25) is 0 Å². The van der Waals surface area contributed by atoms with Gasteiger partial charge in [-0.15, -0.1) is 0 Å². The number of halogens is 5. The predicted molar refractivity (Wildman–Crippen MR) is 81.4 cm³/mol. The Hall–Kier alpha value is -0.350. The second-order valence-electron chi connectivity index (χ2n) is 9.56. The fourth-order valence-electron chi connectivity index (χ4n) is 4.69. The lowest BCUT2D eigenvalue weighted by Gasteiger charge is -2.59. The molecule has 5 heteroatoms. The molecule has 0 unspecified atom stereocenters. The van der Waals surface area contributed by atoms with Gasteiger partial charge in [-0.1, -0.05) is 41.0 Å². The Labute approximate surface area is 136 Å². The van der Waals surface area contributed by atoms with Crippen LogP contribution in [0.15, 0.2) is 0 Å². The molecule has 0 saturated heterocycles. The van der Waals surface area contributed by atoms with Crippen LogP contribution in [0.1, 0.15) is 79.6 Å². The zero-order valence-corrected chi connectivity index (χ0v) is 14.8. The van der Waals surface area contributed by atoms with Crippen LogP contribution in [0, 0.1) is 21.7 Å². The summed E-state index contributed by atoms with van der Waals surface area (Å²) < 4.78 is 67.8. The summed E-state index contributed by atoms with van der Waals surface area (Å²) in [6.07, 6.45) is -2.88. The average Bonchev–Trinajstić information content (AvgIpc) is 2.16. The van der Waals surface area contributed by atoms with Crippen molar-refractivity contribution in [3.63, 3.8) is 0 Å². The molecule has 0 bridgehead atoms. The van der Waals surface area contributed by atoms with E-state index >= 15 is 0 Å². The van der Waals surface area contributed by atoms with E-state index in [4.69, 9.17) is 0 Å². The van der Waals surface area contributed by atoms with Gasteiger partial charge in [-0.25, -0.2) is 8.78 Å². The number of hydrogen-bond donors (Lipinski definition) is 0. The van der Waals surface area contributed by atoms with Gasteiger partial charge in [0, 0.05) is 12.8 Å². The Kier molecular flexibility index (Phi) is 4.19. The molecule has 2 aliphatic carbocycles. The minimum Gasteiger partial charge on any atom is -0.207 e. The highest BCUT2D eigenvalue weighted by atomic mass is 19.4.